The molecule has 0 aliphatic heterocycles. The Hall–Kier alpha value is -3.08. The molecule has 2 aromatic carbocycles. The number of carbonyl (C=O) groups excluding carboxylic acids is 1. The van der Waals surface area contributed by atoms with Crippen molar-refractivity contribution in [2.45, 2.75) is 6.54 Å². The summed E-state index contributed by atoms with van der Waals surface area (Å²) in [5, 5.41) is 12.6. The summed E-state index contributed by atoms with van der Waals surface area (Å²) < 4.78 is 5.09. The minimum atomic E-state index is -0.705. The number of carbonyl (C=O) groups is 1. The average Bonchev–Trinajstić information content (AvgIpc) is 2.53. The molecule has 0 saturated carbocycles. The molecule has 110 valence electrons. The van der Waals surface area contributed by atoms with Gasteiger partial charge < -0.3 is 14.8 Å². The van der Waals surface area contributed by atoms with E-state index in [-0.39, 0.29) is 11.3 Å². The van der Waals surface area contributed by atoms with Crippen molar-refractivity contribution in [1.29, 1.82) is 0 Å². The van der Waals surface area contributed by atoms with E-state index in [1.165, 1.54) is 24.3 Å². The van der Waals surface area contributed by atoms with Crippen molar-refractivity contribution in [3.63, 3.8) is 0 Å². The molecule has 5 nitrogen and oxygen atoms in total. The lowest BCUT2D eigenvalue weighted by Crippen LogP contribution is -2.27. The molecule has 0 spiro atoms. The zero-order chi connectivity index (χ0) is 15.5. The molecule has 1 aromatic heterocycles. The third kappa shape index (κ3) is 2.83. The van der Waals surface area contributed by atoms with Crippen molar-refractivity contribution in [1.82, 2.24) is 5.32 Å². The summed E-state index contributed by atoms with van der Waals surface area (Å²) in [7, 11) is 0. The number of hydrogen-bond donors (Lipinski definition) is 2. The molecule has 1 amide bonds. The smallest absolute Gasteiger partial charge is 0.349 e. The Morgan fingerprint density at radius 3 is 2.64 bits per heavy atom. The van der Waals surface area contributed by atoms with Gasteiger partial charge in [-0.25, -0.2) is 4.79 Å². The standard InChI is InChI=1S/C17H13NO4/c19-13-6-7-15-12(8-13)9-14(17(21)22-15)16(20)18-10-11-4-2-1-3-5-11/h1-9,19H,10H2,(H,18,20). The Morgan fingerprint density at radius 2 is 1.86 bits per heavy atom. The van der Waals surface area contributed by atoms with E-state index in [0.29, 0.717) is 17.5 Å². The summed E-state index contributed by atoms with van der Waals surface area (Å²) in [6.45, 7) is 0.317. The highest BCUT2D eigenvalue weighted by Gasteiger charge is 2.13. The van der Waals surface area contributed by atoms with Gasteiger partial charge in [-0.1, -0.05) is 30.3 Å². The van der Waals surface area contributed by atoms with Gasteiger partial charge in [0.1, 0.15) is 16.9 Å². The molecule has 3 aromatic rings. The quantitative estimate of drug-likeness (QED) is 0.727. The third-order valence-corrected chi connectivity index (χ3v) is 3.26. The maximum absolute atomic E-state index is 12.1. The molecule has 22 heavy (non-hydrogen) atoms. The predicted octanol–water partition coefficient (Wildman–Crippen LogP) is 2.43. The predicted molar refractivity (Wildman–Crippen MR) is 81.8 cm³/mol. The molecule has 5 heteroatoms. The van der Waals surface area contributed by atoms with Crippen LogP contribution in [0.3, 0.4) is 0 Å². The molecule has 0 unspecified atom stereocenters. The molecular formula is C17H13NO4. The Labute approximate surface area is 125 Å². The van der Waals surface area contributed by atoms with Gasteiger partial charge in [0, 0.05) is 11.9 Å². The molecule has 2 N–H and O–H groups in total. The lowest BCUT2D eigenvalue weighted by atomic mass is 10.1. The van der Waals surface area contributed by atoms with E-state index in [1.54, 1.807) is 0 Å². The largest absolute Gasteiger partial charge is 0.508 e. The fourth-order valence-electron chi connectivity index (χ4n) is 2.14. The zero-order valence-electron chi connectivity index (χ0n) is 11.6. The SMILES string of the molecule is O=C(NCc1ccccc1)c1cc2cc(O)ccc2oc1=O. The molecule has 0 atom stereocenters. The van der Waals surface area contributed by atoms with Gasteiger partial charge >= 0.3 is 5.63 Å². The highest BCUT2D eigenvalue weighted by Crippen LogP contribution is 2.19. The maximum Gasteiger partial charge on any atom is 0.349 e. The molecule has 0 aliphatic rings. The van der Waals surface area contributed by atoms with Gasteiger partial charge in [-0.2, -0.15) is 0 Å². The van der Waals surface area contributed by atoms with Crippen LogP contribution in [0.5, 0.6) is 5.75 Å². The summed E-state index contributed by atoms with van der Waals surface area (Å²) >= 11 is 0. The molecule has 0 saturated heterocycles. The molecule has 1 heterocycles. The van der Waals surface area contributed by atoms with Crippen molar-refractivity contribution in [2.75, 3.05) is 0 Å². The van der Waals surface area contributed by atoms with Crippen LogP contribution in [0.4, 0.5) is 0 Å². The first-order valence-corrected chi connectivity index (χ1v) is 6.72. The van der Waals surface area contributed by atoms with Crippen LogP contribution >= 0.6 is 0 Å². The maximum atomic E-state index is 12.1. The second-order valence-electron chi connectivity index (χ2n) is 4.84. The second-order valence-corrected chi connectivity index (χ2v) is 4.84. The Kier molecular flexibility index (Phi) is 3.62. The summed E-state index contributed by atoms with van der Waals surface area (Å²) in [5.74, 6) is -0.472. The van der Waals surface area contributed by atoms with Crippen LogP contribution in [0.2, 0.25) is 0 Å². The number of phenolic OH excluding ortho intramolecular Hbond substituents is 1. The molecule has 3 rings (SSSR count). The number of amides is 1. The second kappa shape index (κ2) is 5.73. The number of aromatic hydroxyl groups is 1. The van der Waals surface area contributed by atoms with E-state index < -0.39 is 11.5 Å². The Morgan fingerprint density at radius 1 is 1.09 bits per heavy atom. The van der Waals surface area contributed by atoms with Gasteiger partial charge in [0.2, 0.25) is 0 Å². The van der Waals surface area contributed by atoms with Crippen molar-refractivity contribution in [2.24, 2.45) is 0 Å². The van der Waals surface area contributed by atoms with Crippen LogP contribution in [0.15, 0.2) is 63.8 Å². The summed E-state index contributed by atoms with van der Waals surface area (Å²) in [6, 6.07) is 15.1. The van der Waals surface area contributed by atoms with E-state index >= 15 is 0 Å². The van der Waals surface area contributed by atoms with Crippen LogP contribution in [0.25, 0.3) is 11.0 Å². The van der Waals surface area contributed by atoms with E-state index in [4.69, 9.17) is 4.42 Å². The van der Waals surface area contributed by atoms with Gasteiger partial charge in [-0.05, 0) is 29.8 Å². The Bertz CT molecular complexity index is 884. The monoisotopic (exact) mass is 295 g/mol. The minimum Gasteiger partial charge on any atom is -0.508 e. The van der Waals surface area contributed by atoms with Crippen molar-refractivity contribution in [3.8, 4) is 5.75 Å². The van der Waals surface area contributed by atoms with Crippen molar-refractivity contribution >= 4 is 16.9 Å². The van der Waals surface area contributed by atoms with Crippen molar-refractivity contribution < 1.29 is 14.3 Å². The average molecular weight is 295 g/mol. The molecular weight excluding hydrogens is 282 g/mol. The zero-order valence-corrected chi connectivity index (χ0v) is 11.6. The van der Waals surface area contributed by atoms with Crippen LogP contribution in [0.1, 0.15) is 15.9 Å². The molecule has 0 bridgehead atoms. The number of nitrogens with one attached hydrogen (secondary N) is 1. The summed E-state index contributed by atoms with van der Waals surface area (Å²) in [6.07, 6.45) is 0. The fraction of sp³-hybridized carbons (Fsp3) is 0.0588. The van der Waals surface area contributed by atoms with E-state index in [9.17, 15) is 14.7 Å². The van der Waals surface area contributed by atoms with Gasteiger partial charge in [-0.3, -0.25) is 4.79 Å². The van der Waals surface area contributed by atoms with Crippen LogP contribution < -0.4 is 10.9 Å². The first kappa shape index (κ1) is 13.9. The van der Waals surface area contributed by atoms with Crippen LogP contribution in [0, 0.1) is 0 Å². The van der Waals surface area contributed by atoms with E-state index in [0.717, 1.165) is 5.56 Å². The number of rotatable bonds is 3. The minimum absolute atomic E-state index is 0.0389. The lowest BCUT2D eigenvalue weighted by molar-refractivity contribution is 0.0947. The van der Waals surface area contributed by atoms with Gasteiger partial charge in [0.05, 0.1) is 0 Å². The summed E-state index contributed by atoms with van der Waals surface area (Å²) in [5.41, 5.74) is 0.457. The first-order valence-electron chi connectivity index (χ1n) is 6.72. The number of hydrogen-bond acceptors (Lipinski definition) is 4. The topological polar surface area (TPSA) is 79.5 Å². The molecule has 0 fully saturated rings. The third-order valence-electron chi connectivity index (χ3n) is 3.26. The lowest BCUT2D eigenvalue weighted by Gasteiger charge is -2.05. The molecule has 0 radical (unpaired) electrons. The fourth-order valence-corrected chi connectivity index (χ4v) is 2.14. The highest BCUT2D eigenvalue weighted by atomic mass is 16.4. The number of fused-ring (bicyclic) bond motifs is 1. The van der Waals surface area contributed by atoms with Crippen LogP contribution in [-0.4, -0.2) is 11.0 Å². The Balaban J connectivity index is 1.87. The van der Waals surface area contributed by atoms with Gasteiger partial charge in [0.25, 0.3) is 5.91 Å². The van der Waals surface area contributed by atoms with E-state index in [1.807, 2.05) is 30.3 Å². The van der Waals surface area contributed by atoms with Gasteiger partial charge in [-0.15, -0.1) is 0 Å². The van der Waals surface area contributed by atoms with Gasteiger partial charge in [0.15, 0.2) is 0 Å². The molecule has 0 aliphatic carbocycles. The number of phenols is 1. The van der Waals surface area contributed by atoms with E-state index in [2.05, 4.69) is 5.32 Å². The van der Waals surface area contributed by atoms with Crippen LogP contribution in [-0.2, 0) is 6.54 Å². The highest BCUT2D eigenvalue weighted by molar-refractivity contribution is 5.96. The first-order chi connectivity index (χ1) is 10.6. The normalized spacial score (nSPS) is 10.5. The van der Waals surface area contributed by atoms with Crippen molar-refractivity contribution in [3.05, 3.63) is 76.1 Å². The summed E-state index contributed by atoms with van der Waals surface area (Å²) in [4.78, 5) is 24.0. The number of benzene rings is 2.